The zero-order valence-corrected chi connectivity index (χ0v) is 17.9. The molecule has 28 heavy (non-hydrogen) atoms. The number of rotatable bonds is 4. The van der Waals surface area contributed by atoms with Crippen LogP contribution >= 0.6 is 0 Å². The first-order valence-corrected chi connectivity index (χ1v) is 11.7. The van der Waals surface area contributed by atoms with Crippen LogP contribution in [0.4, 0.5) is 0 Å². The highest BCUT2D eigenvalue weighted by atomic mass is 16.4. The number of fused-ring (bicyclic) bond motifs is 5. The third kappa shape index (κ3) is 3.14. The van der Waals surface area contributed by atoms with Gasteiger partial charge in [-0.3, -0.25) is 4.79 Å². The topological polar surface area (TPSA) is 77.8 Å². The van der Waals surface area contributed by atoms with Crippen LogP contribution in [-0.4, -0.2) is 33.5 Å². The summed E-state index contributed by atoms with van der Waals surface area (Å²) >= 11 is 0. The van der Waals surface area contributed by atoms with Crippen LogP contribution in [-0.2, 0) is 4.79 Å². The fourth-order valence-corrected chi connectivity index (χ4v) is 8.81. The van der Waals surface area contributed by atoms with Gasteiger partial charge < -0.3 is 15.3 Å². The van der Waals surface area contributed by atoms with Gasteiger partial charge in [-0.05, 0) is 104 Å². The van der Waals surface area contributed by atoms with Crippen molar-refractivity contribution in [3.8, 4) is 0 Å². The molecular formula is C24H40O4. The van der Waals surface area contributed by atoms with Crippen LogP contribution in [0.5, 0.6) is 0 Å². The van der Waals surface area contributed by atoms with E-state index in [1.807, 2.05) is 0 Å². The van der Waals surface area contributed by atoms with E-state index in [0.717, 1.165) is 32.1 Å². The number of hydrogen-bond acceptors (Lipinski definition) is 3. The third-order valence-corrected chi connectivity index (χ3v) is 10.2. The second-order valence-corrected chi connectivity index (χ2v) is 11.4. The van der Waals surface area contributed by atoms with Crippen LogP contribution in [0.25, 0.3) is 0 Å². The van der Waals surface area contributed by atoms with Crippen LogP contribution in [0.1, 0.15) is 85.0 Å². The fraction of sp³-hybridized carbons (Fsp3) is 0.958. The second-order valence-electron chi connectivity index (χ2n) is 11.4. The highest BCUT2D eigenvalue weighted by Crippen LogP contribution is 2.68. The first-order valence-electron chi connectivity index (χ1n) is 11.7. The molecule has 10 atom stereocenters. The van der Waals surface area contributed by atoms with E-state index in [2.05, 4.69) is 20.8 Å². The third-order valence-electron chi connectivity index (χ3n) is 10.2. The van der Waals surface area contributed by atoms with Crippen LogP contribution in [0.15, 0.2) is 0 Å². The molecule has 4 nitrogen and oxygen atoms in total. The van der Waals surface area contributed by atoms with Gasteiger partial charge in [0.2, 0.25) is 0 Å². The van der Waals surface area contributed by atoms with Gasteiger partial charge in [-0.1, -0.05) is 20.8 Å². The van der Waals surface area contributed by atoms with E-state index >= 15 is 0 Å². The Bertz CT molecular complexity index is 605. The number of carbonyl (C=O) groups is 1. The van der Waals surface area contributed by atoms with E-state index in [4.69, 9.17) is 5.11 Å². The lowest BCUT2D eigenvalue weighted by Crippen LogP contribution is -2.58. The van der Waals surface area contributed by atoms with Gasteiger partial charge in [0.25, 0.3) is 0 Å². The molecule has 160 valence electrons. The molecule has 0 amide bonds. The molecule has 0 aromatic heterocycles. The molecule has 5 unspecified atom stereocenters. The average molecular weight is 393 g/mol. The van der Waals surface area contributed by atoms with E-state index in [-0.39, 0.29) is 30.0 Å². The lowest BCUT2D eigenvalue weighted by molar-refractivity contribution is -0.172. The average Bonchev–Trinajstić information content (AvgIpc) is 2.99. The Balaban J connectivity index is 1.55. The van der Waals surface area contributed by atoms with Crippen LogP contribution < -0.4 is 0 Å². The molecule has 4 heteroatoms. The van der Waals surface area contributed by atoms with Gasteiger partial charge in [0.15, 0.2) is 0 Å². The quantitative estimate of drug-likeness (QED) is 0.659. The van der Waals surface area contributed by atoms with Crippen molar-refractivity contribution in [3.63, 3.8) is 0 Å². The van der Waals surface area contributed by atoms with Gasteiger partial charge in [0.05, 0.1) is 12.2 Å². The summed E-state index contributed by atoms with van der Waals surface area (Å²) in [5.74, 6) is 2.61. The zero-order chi connectivity index (χ0) is 20.3. The number of hydrogen-bond donors (Lipinski definition) is 3. The Morgan fingerprint density at radius 3 is 2.36 bits per heavy atom. The minimum atomic E-state index is -0.677. The van der Waals surface area contributed by atoms with Crippen LogP contribution in [0.2, 0.25) is 0 Å². The smallest absolute Gasteiger partial charge is 0.303 e. The summed E-state index contributed by atoms with van der Waals surface area (Å²) in [7, 11) is 0. The van der Waals surface area contributed by atoms with E-state index in [9.17, 15) is 15.0 Å². The van der Waals surface area contributed by atoms with E-state index < -0.39 is 5.97 Å². The summed E-state index contributed by atoms with van der Waals surface area (Å²) in [6.07, 6.45) is 9.16. The van der Waals surface area contributed by atoms with Gasteiger partial charge in [-0.2, -0.15) is 0 Å². The summed E-state index contributed by atoms with van der Waals surface area (Å²) in [5, 5.41) is 30.4. The van der Waals surface area contributed by atoms with Crippen molar-refractivity contribution in [2.24, 2.45) is 46.3 Å². The molecule has 4 aliphatic carbocycles. The van der Waals surface area contributed by atoms with Gasteiger partial charge in [0.1, 0.15) is 0 Å². The van der Waals surface area contributed by atoms with Gasteiger partial charge in [0, 0.05) is 6.42 Å². The van der Waals surface area contributed by atoms with Crippen molar-refractivity contribution >= 4 is 5.97 Å². The lowest BCUT2D eigenvalue weighted by atomic mass is 9.44. The largest absolute Gasteiger partial charge is 0.481 e. The van der Waals surface area contributed by atoms with E-state index in [1.54, 1.807) is 0 Å². The number of aliphatic carboxylic acids is 1. The molecule has 0 radical (unpaired) electrons. The number of carboxylic acid groups (broad SMARTS) is 1. The summed E-state index contributed by atoms with van der Waals surface area (Å²) < 4.78 is 0. The maximum absolute atomic E-state index is 11.1. The minimum Gasteiger partial charge on any atom is -0.481 e. The molecule has 0 aromatic rings. The first-order chi connectivity index (χ1) is 13.2. The molecule has 4 rings (SSSR count). The Morgan fingerprint density at radius 2 is 1.64 bits per heavy atom. The molecule has 0 spiro atoms. The highest BCUT2D eigenvalue weighted by Gasteiger charge is 2.62. The highest BCUT2D eigenvalue weighted by molar-refractivity contribution is 5.66. The van der Waals surface area contributed by atoms with Gasteiger partial charge in [-0.25, -0.2) is 0 Å². The van der Waals surface area contributed by atoms with E-state index in [1.165, 1.54) is 25.7 Å². The maximum atomic E-state index is 11.1. The fourth-order valence-electron chi connectivity index (χ4n) is 8.81. The molecule has 0 aromatic carbocycles. The predicted molar refractivity (Wildman–Crippen MR) is 109 cm³/mol. The van der Waals surface area contributed by atoms with Crippen molar-refractivity contribution in [3.05, 3.63) is 0 Å². The van der Waals surface area contributed by atoms with E-state index in [0.29, 0.717) is 35.0 Å². The number of aliphatic hydroxyl groups excluding tert-OH is 2. The van der Waals surface area contributed by atoms with Crippen molar-refractivity contribution in [1.29, 1.82) is 0 Å². The van der Waals surface area contributed by atoms with Gasteiger partial charge in [-0.15, -0.1) is 0 Å². The van der Waals surface area contributed by atoms with Crippen molar-refractivity contribution < 1.29 is 20.1 Å². The molecular weight excluding hydrogens is 352 g/mol. The molecule has 4 saturated carbocycles. The molecule has 4 fully saturated rings. The molecule has 0 heterocycles. The van der Waals surface area contributed by atoms with Crippen molar-refractivity contribution in [2.75, 3.05) is 0 Å². The molecule has 3 N–H and O–H groups in total. The number of carboxylic acids is 1. The van der Waals surface area contributed by atoms with Crippen molar-refractivity contribution in [2.45, 2.75) is 97.2 Å². The zero-order valence-electron chi connectivity index (χ0n) is 17.9. The summed E-state index contributed by atoms with van der Waals surface area (Å²) in [6.45, 7) is 7.16. The summed E-state index contributed by atoms with van der Waals surface area (Å²) in [5.41, 5.74) is 0.478. The Kier molecular flexibility index (Phi) is 5.36. The standard InChI is InChI=1S/C24H40O4/c1-14(4-7-22(27)28)17-5-6-18-16-13-21(26)20-12-15(25)8-10-24(20,3)19(16)9-11-23(17,18)2/h14-21,25-26H,4-13H2,1-3H3,(H,27,28)/t14?,15-,16?,17?,18?,19?,20+,21+,23-,24-/m1/s1. The Hall–Kier alpha value is -0.610. The molecule has 0 bridgehead atoms. The molecule has 0 aliphatic heterocycles. The number of aliphatic hydroxyl groups is 2. The monoisotopic (exact) mass is 392 g/mol. The SMILES string of the molecule is CC(CCC(=O)O)C1CCC2C3C[C@H](O)[C@@H]4C[C@H](O)CC[C@]4(C)C3CC[C@]12C. The van der Waals surface area contributed by atoms with Gasteiger partial charge >= 0.3 is 5.97 Å². The predicted octanol–water partition coefficient (Wildman–Crippen LogP) is 4.48. The summed E-state index contributed by atoms with van der Waals surface area (Å²) in [4.78, 5) is 11.1. The minimum absolute atomic E-state index is 0.176. The molecule has 0 saturated heterocycles. The Morgan fingerprint density at radius 1 is 0.964 bits per heavy atom. The van der Waals surface area contributed by atoms with Crippen LogP contribution in [0, 0.1) is 46.3 Å². The normalized spacial score (nSPS) is 51.7. The lowest BCUT2D eigenvalue weighted by Gasteiger charge is -2.62. The first kappa shape index (κ1) is 20.7. The van der Waals surface area contributed by atoms with Crippen LogP contribution in [0.3, 0.4) is 0 Å². The van der Waals surface area contributed by atoms with Crippen molar-refractivity contribution in [1.82, 2.24) is 0 Å². The molecule has 4 aliphatic rings. The summed E-state index contributed by atoms with van der Waals surface area (Å²) in [6, 6.07) is 0. The second kappa shape index (κ2) is 7.27. The maximum Gasteiger partial charge on any atom is 0.303 e. The Labute approximate surface area is 170 Å².